The van der Waals surface area contributed by atoms with Crippen LogP contribution in [0, 0.1) is 5.92 Å². The number of ether oxygens (including phenoxy) is 1. The topological polar surface area (TPSA) is 94.2 Å². The van der Waals surface area contributed by atoms with Crippen LogP contribution >= 0.6 is 0 Å². The molecule has 1 aliphatic carbocycles. The Morgan fingerprint density at radius 3 is 2.27 bits per heavy atom. The molecule has 1 saturated heterocycles. The van der Waals surface area contributed by atoms with E-state index in [1.807, 2.05) is 50.2 Å². The highest BCUT2D eigenvalue weighted by Gasteiger charge is 2.30. The minimum absolute atomic E-state index is 0.0160. The molecule has 198 valence electrons. The largest absolute Gasteiger partial charge is 0.497 e. The number of carbonyl (C=O) groups excluding carboxylic acids is 3. The maximum absolute atomic E-state index is 13.5. The average molecular weight is 508 g/mol. The van der Waals surface area contributed by atoms with Gasteiger partial charge in [0.1, 0.15) is 5.75 Å². The van der Waals surface area contributed by atoms with E-state index in [4.69, 9.17) is 4.74 Å². The zero-order chi connectivity index (χ0) is 26.4. The summed E-state index contributed by atoms with van der Waals surface area (Å²) in [4.78, 5) is 44.5. The third-order valence-corrected chi connectivity index (χ3v) is 6.96. The molecule has 0 bridgehead atoms. The van der Waals surface area contributed by atoms with Crippen molar-refractivity contribution in [2.45, 2.75) is 33.1 Å². The maximum atomic E-state index is 13.5. The predicted molar refractivity (Wildman–Crippen MR) is 145 cm³/mol. The molecular weight excluding hydrogens is 470 g/mol. The van der Waals surface area contributed by atoms with Crippen molar-refractivity contribution >= 4 is 34.9 Å². The van der Waals surface area contributed by atoms with Crippen LogP contribution in [0.1, 0.15) is 43.5 Å². The third-order valence-electron chi connectivity index (χ3n) is 6.96. The van der Waals surface area contributed by atoms with E-state index in [9.17, 15) is 14.4 Å². The Bertz CT molecular complexity index is 1110. The molecule has 1 heterocycles. The summed E-state index contributed by atoms with van der Waals surface area (Å²) in [6, 6.07) is 12.7. The number of nitrogens with one attached hydrogen (secondary N) is 2. The lowest BCUT2D eigenvalue weighted by Crippen LogP contribution is -2.38. The Labute approximate surface area is 218 Å². The zero-order valence-electron chi connectivity index (χ0n) is 22.0. The molecule has 1 aliphatic heterocycles. The second-order valence-electron chi connectivity index (χ2n) is 9.46. The fourth-order valence-corrected chi connectivity index (χ4v) is 4.57. The Morgan fingerprint density at radius 1 is 0.919 bits per heavy atom. The van der Waals surface area contributed by atoms with Gasteiger partial charge in [0, 0.05) is 62.2 Å². The van der Waals surface area contributed by atoms with E-state index < -0.39 is 0 Å². The number of amides is 4. The molecule has 0 atom stereocenters. The quantitative estimate of drug-likeness (QED) is 0.557. The van der Waals surface area contributed by atoms with E-state index in [-0.39, 0.29) is 23.8 Å². The first-order valence-corrected chi connectivity index (χ1v) is 13.1. The standard InChI is InChI=1S/C28H37N5O4/c1-4-31(5-2)27(35)24-19-22(29-26(34)20-7-8-20)11-14-25(24)32-15-6-16-33(18-17-32)28(36)30-21-9-12-23(37-3)13-10-21/h9-14,19-20H,4-8,15-18H2,1-3H3,(H,29,34)(H,30,36). The van der Waals surface area contributed by atoms with E-state index in [0.29, 0.717) is 49.7 Å². The van der Waals surface area contributed by atoms with Crippen molar-refractivity contribution in [3.8, 4) is 5.75 Å². The number of nitrogens with zero attached hydrogens (tertiary/aromatic N) is 3. The van der Waals surface area contributed by atoms with Gasteiger partial charge in [-0.3, -0.25) is 9.59 Å². The summed E-state index contributed by atoms with van der Waals surface area (Å²) < 4.78 is 5.18. The Balaban J connectivity index is 1.48. The first kappa shape index (κ1) is 26.3. The summed E-state index contributed by atoms with van der Waals surface area (Å²) in [5.74, 6) is 0.780. The summed E-state index contributed by atoms with van der Waals surface area (Å²) in [6.07, 6.45) is 2.62. The second kappa shape index (κ2) is 12.0. The van der Waals surface area contributed by atoms with Gasteiger partial charge < -0.3 is 30.1 Å². The van der Waals surface area contributed by atoms with Gasteiger partial charge in [-0.1, -0.05) is 0 Å². The van der Waals surface area contributed by atoms with Gasteiger partial charge in [0.25, 0.3) is 5.91 Å². The molecule has 9 nitrogen and oxygen atoms in total. The van der Waals surface area contributed by atoms with Gasteiger partial charge in [-0.2, -0.15) is 0 Å². The molecule has 2 fully saturated rings. The van der Waals surface area contributed by atoms with Crippen LogP contribution in [0.5, 0.6) is 5.75 Å². The molecule has 1 saturated carbocycles. The van der Waals surface area contributed by atoms with E-state index >= 15 is 0 Å². The Kier molecular flexibility index (Phi) is 8.53. The minimum atomic E-state index is -0.149. The van der Waals surface area contributed by atoms with Crippen LogP contribution < -0.4 is 20.3 Å². The molecule has 0 unspecified atom stereocenters. The van der Waals surface area contributed by atoms with Crippen LogP contribution in [0.2, 0.25) is 0 Å². The summed E-state index contributed by atoms with van der Waals surface area (Å²) in [5.41, 5.74) is 2.77. The molecule has 0 aromatic heterocycles. The highest BCUT2D eigenvalue weighted by atomic mass is 16.5. The number of methoxy groups -OCH3 is 1. The van der Waals surface area contributed by atoms with Crippen molar-refractivity contribution in [1.82, 2.24) is 9.80 Å². The van der Waals surface area contributed by atoms with Crippen molar-refractivity contribution in [2.75, 3.05) is 61.9 Å². The molecule has 4 amide bonds. The molecule has 37 heavy (non-hydrogen) atoms. The van der Waals surface area contributed by atoms with Gasteiger partial charge in [0.05, 0.1) is 12.7 Å². The second-order valence-corrected chi connectivity index (χ2v) is 9.46. The van der Waals surface area contributed by atoms with Gasteiger partial charge in [-0.05, 0) is 75.6 Å². The van der Waals surface area contributed by atoms with E-state index in [1.165, 1.54) is 0 Å². The van der Waals surface area contributed by atoms with Gasteiger partial charge in [0.2, 0.25) is 5.91 Å². The van der Waals surface area contributed by atoms with Gasteiger partial charge in [-0.25, -0.2) is 4.79 Å². The number of hydrogen-bond acceptors (Lipinski definition) is 5. The van der Waals surface area contributed by atoms with Gasteiger partial charge >= 0.3 is 6.03 Å². The van der Waals surface area contributed by atoms with Crippen molar-refractivity contribution < 1.29 is 19.1 Å². The lowest BCUT2D eigenvalue weighted by Gasteiger charge is -2.28. The van der Waals surface area contributed by atoms with E-state index in [1.54, 1.807) is 23.0 Å². The summed E-state index contributed by atoms with van der Waals surface area (Å²) in [5, 5.41) is 5.93. The Morgan fingerprint density at radius 2 is 1.62 bits per heavy atom. The van der Waals surface area contributed by atoms with E-state index in [0.717, 1.165) is 37.2 Å². The lowest BCUT2D eigenvalue weighted by atomic mass is 10.1. The first-order valence-electron chi connectivity index (χ1n) is 13.1. The predicted octanol–water partition coefficient (Wildman–Crippen LogP) is 4.27. The van der Waals surface area contributed by atoms with Crippen LogP contribution in [0.25, 0.3) is 0 Å². The fraction of sp³-hybridized carbons (Fsp3) is 0.464. The maximum Gasteiger partial charge on any atom is 0.321 e. The van der Waals surface area contributed by atoms with Crippen LogP contribution in [-0.4, -0.2) is 74.0 Å². The normalized spacial score (nSPS) is 15.5. The van der Waals surface area contributed by atoms with Gasteiger partial charge in [-0.15, -0.1) is 0 Å². The zero-order valence-corrected chi connectivity index (χ0v) is 22.0. The third kappa shape index (κ3) is 6.53. The summed E-state index contributed by atoms with van der Waals surface area (Å²) in [6.45, 7) is 7.60. The number of anilines is 3. The Hall–Kier alpha value is -3.75. The van der Waals surface area contributed by atoms with Crippen LogP contribution in [0.3, 0.4) is 0 Å². The molecule has 2 aliphatic rings. The minimum Gasteiger partial charge on any atom is -0.497 e. The average Bonchev–Trinajstić information content (AvgIpc) is 3.77. The number of rotatable bonds is 8. The van der Waals surface area contributed by atoms with Crippen LogP contribution in [0.15, 0.2) is 42.5 Å². The highest BCUT2D eigenvalue weighted by molar-refractivity contribution is 6.02. The lowest BCUT2D eigenvalue weighted by molar-refractivity contribution is -0.117. The molecule has 2 N–H and O–H groups in total. The summed E-state index contributed by atoms with van der Waals surface area (Å²) >= 11 is 0. The van der Waals surface area contributed by atoms with Crippen molar-refractivity contribution in [2.24, 2.45) is 5.92 Å². The molecule has 0 spiro atoms. The molecule has 9 heteroatoms. The van der Waals surface area contributed by atoms with Crippen molar-refractivity contribution in [3.05, 3.63) is 48.0 Å². The SMILES string of the molecule is CCN(CC)C(=O)c1cc(NC(=O)C2CC2)ccc1N1CCCN(C(=O)Nc2ccc(OC)cc2)CC1. The smallest absolute Gasteiger partial charge is 0.321 e. The first-order chi connectivity index (χ1) is 17.9. The van der Waals surface area contributed by atoms with E-state index in [2.05, 4.69) is 15.5 Å². The monoisotopic (exact) mass is 507 g/mol. The fourth-order valence-electron chi connectivity index (χ4n) is 4.57. The number of urea groups is 1. The number of carbonyl (C=O) groups is 3. The highest BCUT2D eigenvalue weighted by Crippen LogP contribution is 2.32. The number of hydrogen-bond donors (Lipinski definition) is 2. The molecular formula is C28H37N5O4. The van der Waals surface area contributed by atoms with Crippen LogP contribution in [-0.2, 0) is 4.79 Å². The molecule has 4 rings (SSSR count). The molecule has 2 aromatic rings. The van der Waals surface area contributed by atoms with Crippen LogP contribution in [0.4, 0.5) is 21.9 Å². The van der Waals surface area contributed by atoms with Crippen molar-refractivity contribution in [3.63, 3.8) is 0 Å². The molecule has 0 radical (unpaired) electrons. The van der Waals surface area contributed by atoms with Crippen molar-refractivity contribution in [1.29, 1.82) is 0 Å². The summed E-state index contributed by atoms with van der Waals surface area (Å²) in [7, 11) is 1.61. The molecule has 2 aromatic carbocycles. The number of benzene rings is 2. The van der Waals surface area contributed by atoms with Gasteiger partial charge in [0.15, 0.2) is 0 Å².